The highest BCUT2D eigenvalue weighted by atomic mass is 16.5. The monoisotopic (exact) mass is 134 g/mol. The number of hydrogen-bond donors (Lipinski definition) is 0. The Morgan fingerprint density at radius 2 is 1.90 bits per heavy atom. The zero-order valence-corrected chi connectivity index (χ0v) is 5.71. The first-order valence-electron chi connectivity index (χ1n) is 3.20. The molecule has 0 bridgehead atoms. The van der Waals surface area contributed by atoms with Gasteiger partial charge in [0.1, 0.15) is 0 Å². The standard InChI is InChI=1S/C9H9O/c1-2-10-8-9-6-4-3-5-7-9/h3-7H,2,8H2/i1+1. The molecule has 0 amide bonds. The van der Waals surface area contributed by atoms with Gasteiger partial charge in [-0.3, -0.25) is 0 Å². The van der Waals surface area contributed by atoms with Gasteiger partial charge in [-0.1, -0.05) is 30.3 Å². The number of ether oxygens (including phenoxy) is 1. The average molecular weight is 134 g/mol. The summed E-state index contributed by atoms with van der Waals surface area (Å²) in [4.78, 5) is 0. The normalized spacial score (nSPS) is 9.70. The predicted molar refractivity (Wildman–Crippen MR) is 39.3 cm³/mol. The topological polar surface area (TPSA) is 9.23 Å². The zero-order chi connectivity index (χ0) is 7.23. The van der Waals surface area contributed by atoms with Gasteiger partial charge in [0.2, 0.25) is 0 Å². The summed E-state index contributed by atoms with van der Waals surface area (Å²) in [5, 5.41) is 0. The zero-order valence-electron chi connectivity index (χ0n) is 5.71. The Labute approximate surface area is 61.6 Å². The number of benzene rings is 1. The van der Waals surface area contributed by atoms with Crippen LogP contribution in [-0.2, 0) is 11.3 Å². The van der Waals surface area contributed by atoms with Crippen LogP contribution in [-0.4, -0.2) is 6.61 Å². The molecule has 0 saturated carbocycles. The Balaban J connectivity index is 2.43. The van der Waals surface area contributed by atoms with E-state index in [1.807, 2.05) is 30.3 Å². The second kappa shape index (κ2) is 4.07. The van der Waals surface area contributed by atoms with Crippen molar-refractivity contribution in [1.29, 1.82) is 0 Å². The Hall–Kier alpha value is -0.820. The molecule has 0 aliphatic heterocycles. The van der Waals surface area contributed by atoms with E-state index in [0.29, 0.717) is 6.61 Å². The van der Waals surface area contributed by atoms with Crippen LogP contribution in [0.4, 0.5) is 0 Å². The molecule has 1 heteroatoms. The summed E-state index contributed by atoms with van der Waals surface area (Å²) in [5.41, 5.74) is 1.12. The van der Waals surface area contributed by atoms with E-state index in [1.165, 1.54) is 0 Å². The third-order valence-electron chi connectivity index (χ3n) is 1.21. The first kappa shape index (κ1) is 7.29. The highest BCUT2D eigenvalue weighted by Gasteiger charge is 1.87. The Morgan fingerprint density at radius 1 is 1.20 bits per heavy atom. The van der Waals surface area contributed by atoms with Crippen molar-refractivity contribution in [2.75, 3.05) is 6.61 Å². The minimum absolute atomic E-state index is 0.0366. The Morgan fingerprint density at radius 3 is 2.50 bits per heavy atom. The maximum absolute atomic E-state index is 6.73. The van der Waals surface area contributed by atoms with Crippen molar-refractivity contribution in [3.05, 3.63) is 42.8 Å². The molecule has 1 aromatic rings. The molecular weight excluding hydrogens is 125 g/mol. The second-order valence-electron chi connectivity index (χ2n) is 1.98. The summed E-state index contributed by atoms with van der Waals surface area (Å²) >= 11 is 0. The predicted octanol–water partition coefficient (Wildman–Crippen LogP) is 1.79. The molecule has 1 rings (SSSR count). The van der Waals surface area contributed by atoms with E-state index >= 15 is 0 Å². The van der Waals surface area contributed by atoms with E-state index in [9.17, 15) is 0 Å². The quantitative estimate of drug-likeness (QED) is 0.573. The van der Waals surface area contributed by atoms with Crippen molar-refractivity contribution in [3.63, 3.8) is 0 Å². The summed E-state index contributed by atoms with van der Waals surface area (Å²) in [5.74, 6) is 0. The number of hydrogen-bond acceptors (Lipinski definition) is 1. The summed E-state index contributed by atoms with van der Waals surface area (Å²) in [6.45, 7) is 7.31. The maximum atomic E-state index is 6.73. The molecule has 0 saturated heterocycles. The van der Waals surface area contributed by atoms with E-state index in [-0.39, 0.29) is 6.61 Å². The molecule has 3 radical (unpaired) electrons. The summed E-state index contributed by atoms with van der Waals surface area (Å²) in [6, 6.07) is 9.85. The largest absolute Gasteiger partial charge is 0.376 e. The molecule has 1 aromatic carbocycles. The minimum Gasteiger partial charge on any atom is -0.376 e. The van der Waals surface area contributed by atoms with Crippen LogP contribution in [0.5, 0.6) is 0 Å². The van der Waals surface area contributed by atoms with Crippen molar-refractivity contribution in [3.8, 4) is 0 Å². The summed E-state index contributed by atoms with van der Waals surface area (Å²) < 4.78 is 4.89. The molecule has 0 aromatic heterocycles. The average Bonchev–Trinajstić information content (AvgIpc) is 2.03. The van der Waals surface area contributed by atoms with Gasteiger partial charge in [-0.2, -0.15) is 0 Å². The fourth-order valence-corrected chi connectivity index (χ4v) is 0.743. The highest BCUT2D eigenvalue weighted by molar-refractivity contribution is 5.13. The van der Waals surface area contributed by atoms with Gasteiger partial charge in [0, 0.05) is 6.92 Å². The molecule has 0 spiro atoms. The fraction of sp³-hybridized carbons (Fsp3) is 0.222. The molecule has 0 heterocycles. The van der Waals surface area contributed by atoms with Crippen LogP contribution < -0.4 is 0 Å². The van der Waals surface area contributed by atoms with E-state index < -0.39 is 0 Å². The van der Waals surface area contributed by atoms with Crippen LogP contribution in [0.2, 0.25) is 0 Å². The lowest BCUT2D eigenvalue weighted by Crippen LogP contribution is -1.90. The van der Waals surface area contributed by atoms with Crippen LogP contribution >= 0.6 is 0 Å². The molecule has 0 unspecified atom stereocenters. The SMILES string of the molecule is [13C]COCc1ccccc1. The third kappa shape index (κ3) is 2.19. The first-order valence-corrected chi connectivity index (χ1v) is 3.20. The highest BCUT2D eigenvalue weighted by Crippen LogP contribution is 1.99. The minimum atomic E-state index is 0.0366. The van der Waals surface area contributed by atoms with E-state index in [2.05, 4.69) is 0 Å². The maximum Gasteiger partial charge on any atom is 0.0717 e. The summed E-state index contributed by atoms with van der Waals surface area (Å²) in [6.07, 6.45) is 0. The molecule has 0 fully saturated rings. The van der Waals surface area contributed by atoms with Crippen LogP contribution in [0.25, 0.3) is 0 Å². The van der Waals surface area contributed by atoms with Gasteiger partial charge >= 0.3 is 0 Å². The van der Waals surface area contributed by atoms with E-state index in [4.69, 9.17) is 11.7 Å². The van der Waals surface area contributed by atoms with Gasteiger partial charge < -0.3 is 4.74 Å². The van der Waals surface area contributed by atoms with Crippen molar-refractivity contribution >= 4 is 0 Å². The summed E-state index contributed by atoms with van der Waals surface area (Å²) in [7, 11) is 0. The lowest BCUT2D eigenvalue weighted by Gasteiger charge is -1.98. The van der Waals surface area contributed by atoms with Gasteiger partial charge in [-0.15, -0.1) is 0 Å². The second-order valence-corrected chi connectivity index (χ2v) is 1.98. The van der Waals surface area contributed by atoms with E-state index in [0.717, 1.165) is 5.56 Å². The molecule has 0 N–H and O–H groups in total. The van der Waals surface area contributed by atoms with Gasteiger partial charge in [-0.25, -0.2) is 0 Å². The third-order valence-corrected chi connectivity index (χ3v) is 1.21. The fourth-order valence-electron chi connectivity index (χ4n) is 0.743. The molecule has 51 valence electrons. The van der Waals surface area contributed by atoms with Gasteiger partial charge in [0.25, 0.3) is 0 Å². The lowest BCUT2D eigenvalue weighted by molar-refractivity contribution is 0.147. The van der Waals surface area contributed by atoms with Crippen LogP contribution in [0.3, 0.4) is 0 Å². The van der Waals surface area contributed by atoms with E-state index in [1.54, 1.807) is 0 Å². The molecule has 1 nitrogen and oxygen atoms in total. The Kier molecular flexibility index (Phi) is 2.97. The van der Waals surface area contributed by atoms with Crippen molar-refractivity contribution in [2.45, 2.75) is 6.61 Å². The van der Waals surface area contributed by atoms with Crippen molar-refractivity contribution in [1.82, 2.24) is 0 Å². The van der Waals surface area contributed by atoms with Crippen LogP contribution in [0.1, 0.15) is 5.56 Å². The molecule has 0 atom stereocenters. The molecular formula is C9H9O. The van der Waals surface area contributed by atoms with Gasteiger partial charge in [0.05, 0.1) is 13.2 Å². The molecule has 10 heavy (non-hydrogen) atoms. The molecule has 0 aliphatic rings. The van der Waals surface area contributed by atoms with Crippen molar-refractivity contribution in [2.24, 2.45) is 0 Å². The first-order chi connectivity index (χ1) is 4.93. The van der Waals surface area contributed by atoms with Gasteiger partial charge in [0.15, 0.2) is 0 Å². The smallest absolute Gasteiger partial charge is 0.0717 e. The Bertz CT molecular complexity index is 169. The lowest BCUT2D eigenvalue weighted by atomic mass is 10.2. The van der Waals surface area contributed by atoms with Gasteiger partial charge in [-0.05, 0) is 5.56 Å². The van der Waals surface area contributed by atoms with Crippen LogP contribution in [0.15, 0.2) is 30.3 Å². The molecule has 0 aliphatic carbocycles. The number of rotatable bonds is 3. The van der Waals surface area contributed by atoms with Crippen LogP contribution in [0, 0.1) is 6.92 Å². The van der Waals surface area contributed by atoms with Crippen molar-refractivity contribution < 1.29 is 4.74 Å².